The molecule has 1 saturated heterocycles. The average molecular weight is 295 g/mol. The van der Waals surface area contributed by atoms with Crippen LogP contribution in [0.15, 0.2) is 0 Å². The van der Waals surface area contributed by atoms with Gasteiger partial charge < -0.3 is 19.7 Å². The summed E-state index contributed by atoms with van der Waals surface area (Å²) >= 11 is 0. The van der Waals surface area contributed by atoms with E-state index in [9.17, 15) is 0 Å². The van der Waals surface area contributed by atoms with E-state index in [0.29, 0.717) is 31.1 Å². The van der Waals surface area contributed by atoms with Crippen molar-refractivity contribution in [2.24, 2.45) is 0 Å². The number of hydrogen-bond acceptors (Lipinski definition) is 7. The number of nitrogens with one attached hydrogen (secondary N) is 1. The normalized spacial score (nSPS) is 15.6. The summed E-state index contributed by atoms with van der Waals surface area (Å²) < 4.78 is 11.1. The highest BCUT2D eigenvalue weighted by atomic mass is 16.5. The lowest BCUT2D eigenvalue weighted by molar-refractivity contribution is 0.152. The number of aromatic nitrogens is 3. The second-order valence-corrected chi connectivity index (χ2v) is 4.97. The van der Waals surface area contributed by atoms with E-state index in [1.807, 2.05) is 0 Å². The molecular formula is C14H25N5O2. The predicted octanol–water partition coefficient (Wildman–Crippen LogP) is 1.71. The first-order valence-corrected chi connectivity index (χ1v) is 7.79. The minimum Gasteiger partial charge on any atom is -0.463 e. The first-order valence-electron chi connectivity index (χ1n) is 7.79. The van der Waals surface area contributed by atoms with Crippen molar-refractivity contribution < 1.29 is 9.47 Å². The maximum atomic E-state index is 5.58. The topological polar surface area (TPSA) is 72.4 Å². The lowest BCUT2D eigenvalue weighted by atomic mass is 10.4. The molecule has 0 amide bonds. The highest BCUT2D eigenvalue weighted by molar-refractivity contribution is 5.38. The third-order valence-corrected chi connectivity index (χ3v) is 3.08. The van der Waals surface area contributed by atoms with Crippen molar-refractivity contribution in [3.63, 3.8) is 0 Å². The van der Waals surface area contributed by atoms with E-state index >= 15 is 0 Å². The highest BCUT2D eigenvalue weighted by Gasteiger charge is 2.16. The van der Waals surface area contributed by atoms with Gasteiger partial charge in [-0.15, -0.1) is 0 Å². The van der Waals surface area contributed by atoms with Crippen LogP contribution in [-0.2, 0) is 4.74 Å². The van der Waals surface area contributed by atoms with Gasteiger partial charge in [0.25, 0.3) is 0 Å². The first kappa shape index (κ1) is 15.8. The zero-order valence-corrected chi connectivity index (χ0v) is 13.0. The molecule has 1 aliphatic rings. The largest absolute Gasteiger partial charge is 0.463 e. The van der Waals surface area contributed by atoms with Crippen molar-refractivity contribution in [2.45, 2.75) is 33.1 Å². The average Bonchev–Trinajstić information content (AvgIpc) is 2.80. The van der Waals surface area contributed by atoms with Gasteiger partial charge in [0.05, 0.1) is 13.2 Å². The molecule has 118 valence electrons. The molecule has 21 heavy (non-hydrogen) atoms. The number of ether oxygens (including phenoxy) is 2. The van der Waals surface area contributed by atoms with Crippen molar-refractivity contribution in [3.8, 4) is 6.01 Å². The second kappa shape index (κ2) is 8.61. The first-order chi connectivity index (χ1) is 10.3. The lowest BCUT2D eigenvalue weighted by Crippen LogP contribution is -2.28. The van der Waals surface area contributed by atoms with Crippen molar-refractivity contribution in [1.29, 1.82) is 0 Å². The van der Waals surface area contributed by atoms with E-state index in [1.54, 1.807) is 0 Å². The van der Waals surface area contributed by atoms with E-state index in [4.69, 9.17) is 9.47 Å². The maximum Gasteiger partial charge on any atom is 0.323 e. The molecule has 0 aromatic carbocycles. The molecule has 0 spiro atoms. The summed E-state index contributed by atoms with van der Waals surface area (Å²) in [6, 6.07) is 0.394. The summed E-state index contributed by atoms with van der Waals surface area (Å²) in [5.74, 6) is 1.25. The quantitative estimate of drug-likeness (QED) is 0.821. The van der Waals surface area contributed by atoms with Crippen LogP contribution in [0.2, 0.25) is 0 Å². The van der Waals surface area contributed by atoms with Crippen LogP contribution in [0.25, 0.3) is 0 Å². The van der Waals surface area contributed by atoms with Gasteiger partial charge in [-0.05, 0) is 19.3 Å². The molecule has 0 atom stereocenters. The Bertz CT molecular complexity index is 396. The van der Waals surface area contributed by atoms with Gasteiger partial charge in [-0.1, -0.05) is 13.8 Å². The SMILES string of the molecule is CCCNc1nc(OCCC)nc(N2CCCOCC2)n1. The summed E-state index contributed by atoms with van der Waals surface area (Å²) in [4.78, 5) is 15.4. The highest BCUT2D eigenvalue weighted by Crippen LogP contribution is 2.16. The minimum absolute atomic E-state index is 0.394. The smallest absolute Gasteiger partial charge is 0.323 e. The van der Waals surface area contributed by atoms with Crippen LogP contribution in [0.4, 0.5) is 11.9 Å². The maximum absolute atomic E-state index is 5.58. The third kappa shape index (κ3) is 5.00. The fourth-order valence-corrected chi connectivity index (χ4v) is 2.01. The van der Waals surface area contributed by atoms with Gasteiger partial charge in [-0.2, -0.15) is 15.0 Å². The Hall–Kier alpha value is -1.63. The van der Waals surface area contributed by atoms with E-state index in [1.165, 1.54) is 0 Å². The van der Waals surface area contributed by atoms with Crippen molar-refractivity contribution >= 4 is 11.9 Å². The Morgan fingerprint density at radius 2 is 2.05 bits per heavy atom. The van der Waals surface area contributed by atoms with Crippen LogP contribution in [0, 0.1) is 0 Å². The molecule has 1 aromatic heterocycles. The number of anilines is 2. The van der Waals surface area contributed by atoms with Crippen molar-refractivity contribution in [3.05, 3.63) is 0 Å². The number of rotatable bonds is 7. The van der Waals surface area contributed by atoms with E-state index in [2.05, 4.69) is 39.0 Å². The van der Waals surface area contributed by atoms with E-state index in [-0.39, 0.29) is 0 Å². The van der Waals surface area contributed by atoms with Gasteiger partial charge in [-0.3, -0.25) is 0 Å². The zero-order valence-electron chi connectivity index (χ0n) is 13.0. The number of nitrogens with zero attached hydrogens (tertiary/aromatic N) is 4. The molecule has 0 bridgehead atoms. The lowest BCUT2D eigenvalue weighted by Gasteiger charge is -2.20. The Kier molecular flexibility index (Phi) is 6.46. The second-order valence-electron chi connectivity index (χ2n) is 4.97. The minimum atomic E-state index is 0.394. The van der Waals surface area contributed by atoms with Crippen LogP contribution >= 0.6 is 0 Å². The molecular weight excluding hydrogens is 270 g/mol. The molecule has 2 heterocycles. The fraction of sp³-hybridized carbons (Fsp3) is 0.786. The number of hydrogen-bond donors (Lipinski definition) is 1. The molecule has 1 N–H and O–H groups in total. The van der Waals surface area contributed by atoms with Gasteiger partial charge in [0.15, 0.2) is 0 Å². The molecule has 1 aromatic rings. The Morgan fingerprint density at radius 1 is 1.14 bits per heavy atom. The molecule has 2 rings (SSSR count). The van der Waals surface area contributed by atoms with Gasteiger partial charge in [0.2, 0.25) is 11.9 Å². The monoisotopic (exact) mass is 295 g/mol. The Labute approximate surface area is 126 Å². The van der Waals surface area contributed by atoms with Crippen LogP contribution < -0.4 is 15.0 Å². The molecule has 7 heteroatoms. The summed E-state index contributed by atoms with van der Waals surface area (Å²) in [5, 5.41) is 3.21. The Balaban J connectivity index is 2.16. The third-order valence-electron chi connectivity index (χ3n) is 3.08. The predicted molar refractivity (Wildman–Crippen MR) is 82.0 cm³/mol. The van der Waals surface area contributed by atoms with Gasteiger partial charge >= 0.3 is 6.01 Å². The Morgan fingerprint density at radius 3 is 2.86 bits per heavy atom. The van der Waals surface area contributed by atoms with Crippen LogP contribution in [0.1, 0.15) is 33.1 Å². The van der Waals surface area contributed by atoms with Gasteiger partial charge in [0.1, 0.15) is 0 Å². The fourth-order valence-electron chi connectivity index (χ4n) is 2.01. The summed E-state index contributed by atoms with van der Waals surface area (Å²) in [6.07, 6.45) is 2.93. The summed E-state index contributed by atoms with van der Waals surface area (Å²) in [6.45, 7) is 8.80. The van der Waals surface area contributed by atoms with Crippen molar-refractivity contribution in [2.75, 3.05) is 49.7 Å². The zero-order chi connectivity index (χ0) is 14.9. The van der Waals surface area contributed by atoms with E-state index < -0.39 is 0 Å². The molecule has 0 radical (unpaired) electrons. The molecule has 1 aliphatic heterocycles. The van der Waals surface area contributed by atoms with Crippen LogP contribution in [0.5, 0.6) is 6.01 Å². The summed E-state index contributed by atoms with van der Waals surface area (Å²) in [7, 11) is 0. The standard InChI is InChI=1S/C14H25N5O2/c1-3-6-15-12-16-13(18-14(17-12)21-9-4-2)19-7-5-10-20-11-8-19/h3-11H2,1-2H3,(H,15,16,17,18). The van der Waals surface area contributed by atoms with Gasteiger partial charge in [-0.25, -0.2) is 0 Å². The van der Waals surface area contributed by atoms with Gasteiger partial charge in [0, 0.05) is 26.2 Å². The molecule has 0 saturated carbocycles. The summed E-state index contributed by atoms with van der Waals surface area (Å²) in [5.41, 5.74) is 0. The molecule has 1 fully saturated rings. The van der Waals surface area contributed by atoms with E-state index in [0.717, 1.165) is 45.5 Å². The molecule has 0 aliphatic carbocycles. The molecule has 7 nitrogen and oxygen atoms in total. The van der Waals surface area contributed by atoms with Crippen LogP contribution in [0.3, 0.4) is 0 Å². The van der Waals surface area contributed by atoms with Crippen LogP contribution in [-0.4, -0.2) is 54.4 Å². The van der Waals surface area contributed by atoms with Crippen molar-refractivity contribution in [1.82, 2.24) is 15.0 Å². The molecule has 0 unspecified atom stereocenters.